The van der Waals surface area contributed by atoms with Gasteiger partial charge in [0.15, 0.2) is 0 Å². The minimum Gasteiger partial charge on any atom is -0.271 e. The van der Waals surface area contributed by atoms with E-state index in [0.717, 1.165) is 4.90 Å². The van der Waals surface area contributed by atoms with Gasteiger partial charge in [-0.15, -0.1) is 11.8 Å². The van der Waals surface area contributed by atoms with Gasteiger partial charge in [0.05, 0.1) is 4.47 Å². The Morgan fingerprint density at radius 1 is 1.14 bits per heavy atom. The number of hydrogen-bond donors (Lipinski definition) is 2. The fourth-order valence-corrected chi connectivity index (χ4v) is 3.21. The summed E-state index contributed by atoms with van der Waals surface area (Å²) in [6, 6.07) is 12.2. The molecular weight excluding hydrogens is 358 g/mol. The van der Waals surface area contributed by atoms with Crippen molar-refractivity contribution in [2.24, 2.45) is 5.84 Å². The van der Waals surface area contributed by atoms with Crippen LogP contribution >= 0.6 is 27.7 Å². The zero-order valence-electron chi connectivity index (χ0n) is 11.2. The predicted molar refractivity (Wildman–Crippen MR) is 86.0 cm³/mol. The van der Waals surface area contributed by atoms with Crippen molar-refractivity contribution >= 4 is 27.7 Å². The summed E-state index contributed by atoms with van der Waals surface area (Å²) in [5.74, 6) is 5.00. The number of nitrogens with two attached hydrogens (primary N) is 1. The number of hydrogen-bond acceptors (Lipinski definition) is 3. The average molecular weight is 373 g/mol. The molecule has 0 heterocycles. The van der Waals surface area contributed by atoms with Gasteiger partial charge in [0.25, 0.3) is 0 Å². The van der Waals surface area contributed by atoms with Crippen molar-refractivity contribution in [2.75, 3.05) is 5.75 Å². The summed E-state index contributed by atoms with van der Waals surface area (Å²) >= 11 is 4.66. The van der Waals surface area contributed by atoms with Crippen LogP contribution in [0, 0.1) is 11.6 Å². The predicted octanol–water partition coefficient (Wildman–Crippen LogP) is 3.89. The zero-order valence-corrected chi connectivity index (χ0v) is 13.6. The molecule has 1 unspecified atom stereocenters. The van der Waals surface area contributed by atoms with Crippen molar-refractivity contribution < 1.29 is 8.78 Å². The molecule has 0 aliphatic carbocycles. The van der Waals surface area contributed by atoms with E-state index in [-0.39, 0.29) is 22.5 Å². The summed E-state index contributed by atoms with van der Waals surface area (Å²) in [7, 11) is 0. The normalized spacial score (nSPS) is 12.4. The van der Waals surface area contributed by atoms with Gasteiger partial charge in [-0.1, -0.05) is 18.2 Å². The Morgan fingerprint density at radius 3 is 2.52 bits per heavy atom. The number of benzene rings is 2. The summed E-state index contributed by atoms with van der Waals surface area (Å²) < 4.78 is 28.0. The number of nitrogens with one attached hydrogen (secondary N) is 1. The van der Waals surface area contributed by atoms with Crippen LogP contribution in [-0.2, 0) is 6.42 Å². The molecule has 2 aromatic rings. The Hall–Kier alpha value is -0.950. The summed E-state index contributed by atoms with van der Waals surface area (Å²) in [5, 5.41) is 0. The first-order valence-electron chi connectivity index (χ1n) is 6.38. The molecule has 0 amide bonds. The third-order valence-electron chi connectivity index (χ3n) is 3.02. The summed E-state index contributed by atoms with van der Waals surface area (Å²) in [6.45, 7) is 0. The molecule has 0 bridgehead atoms. The van der Waals surface area contributed by atoms with E-state index in [2.05, 4.69) is 21.4 Å². The second-order valence-electron chi connectivity index (χ2n) is 4.51. The maximum Gasteiger partial charge on any atom is 0.143 e. The molecule has 3 N–H and O–H groups in total. The fraction of sp³-hybridized carbons (Fsp3) is 0.200. The van der Waals surface area contributed by atoms with Crippen molar-refractivity contribution in [3.8, 4) is 0 Å². The Bertz CT molecular complexity index is 596. The highest BCUT2D eigenvalue weighted by molar-refractivity contribution is 9.10. The third kappa shape index (κ3) is 4.51. The van der Waals surface area contributed by atoms with E-state index in [0.29, 0.717) is 5.75 Å². The lowest BCUT2D eigenvalue weighted by atomic mass is 10.1. The maximum absolute atomic E-state index is 14.0. The average Bonchev–Trinajstić information content (AvgIpc) is 2.51. The van der Waals surface area contributed by atoms with Crippen LogP contribution in [0.3, 0.4) is 0 Å². The minimum absolute atomic E-state index is 0.0426. The van der Waals surface area contributed by atoms with E-state index in [1.807, 2.05) is 30.3 Å². The summed E-state index contributed by atoms with van der Waals surface area (Å²) in [5.41, 5.74) is 2.67. The van der Waals surface area contributed by atoms with Gasteiger partial charge in [0.2, 0.25) is 0 Å². The fourth-order valence-electron chi connectivity index (χ4n) is 1.88. The molecule has 0 spiro atoms. The van der Waals surface area contributed by atoms with E-state index < -0.39 is 11.6 Å². The maximum atomic E-state index is 14.0. The molecule has 1 atom stereocenters. The molecule has 2 nitrogen and oxygen atoms in total. The van der Waals surface area contributed by atoms with Crippen LogP contribution in [0.25, 0.3) is 0 Å². The van der Waals surface area contributed by atoms with Gasteiger partial charge >= 0.3 is 0 Å². The van der Waals surface area contributed by atoms with Gasteiger partial charge in [-0.25, -0.2) is 8.78 Å². The van der Waals surface area contributed by atoms with Gasteiger partial charge in [0, 0.05) is 22.3 Å². The van der Waals surface area contributed by atoms with E-state index >= 15 is 0 Å². The molecule has 0 aliphatic rings. The van der Waals surface area contributed by atoms with Gasteiger partial charge in [-0.3, -0.25) is 11.3 Å². The number of thioether (sulfide) groups is 1. The topological polar surface area (TPSA) is 38.0 Å². The molecule has 0 saturated heterocycles. The van der Waals surface area contributed by atoms with Crippen molar-refractivity contribution in [1.82, 2.24) is 5.43 Å². The standard InChI is InChI=1S/C15H15BrF2N2S/c16-13-6-7-14(17)12(15(13)18)8-10(20-19)9-21-11-4-2-1-3-5-11/h1-7,10,20H,8-9,19H2. The Kier molecular flexibility index (Phi) is 6.17. The summed E-state index contributed by atoms with van der Waals surface area (Å²) in [4.78, 5) is 1.09. The van der Waals surface area contributed by atoms with Crippen LogP contribution in [0.5, 0.6) is 0 Å². The van der Waals surface area contributed by atoms with E-state index in [9.17, 15) is 8.78 Å². The zero-order chi connectivity index (χ0) is 15.2. The number of hydrazine groups is 1. The lowest BCUT2D eigenvalue weighted by Crippen LogP contribution is -2.39. The number of halogens is 3. The molecule has 0 radical (unpaired) electrons. The second kappa shape index (κ2) is 7.89. The quantitative estimate of drug-likeness (QED) is 0.349. The van der Waals surface area contributed by atoms with Gasteiger partial charge < -0.3 is 0 Å². The highest BCUT2D eigenvalue weighted by Crippen LogP contribution is 2.24. The molecule has 112 valence electrons. The van der Waals surface area contributed by atoms with Crippen molar-refractivity contribution in [1.29, 1.82) is 0 Å². The second-order valence-corrected chi connectivity index (χ2v) is 6.46. The smallest absolute Gasteiger partial charge is 0.143 e. The van der Waals surface area contributed by atoms with Crippen LogP contribution in [0.1, 0.15) is 5.56 Å². The summed E-state index contributed by atoms with van der Waals surface area (Å²) in [6.07, 6.45) is 0.188. The van der Waals surface area contributed by atoms with Crippen LogP contribution in [0.4, 0.5) is 8.78 Å². The largest absolute Gasteiger partial charge is 0.271 e. The molecule has 21 heavy (non-hydrogen) atoms. The molecule has 6 heteroatoms. The molecule has 0 saturated carbocycles. The SMILES string of the molecule is NNC(CSc1ccccc1)Cc1c(F)ccc(Br)c1F. The molecular formula is C15H15BrF2N2S. The Labute approximate surface area is 135 Å². The Morgan fingerprint density at radius 2 is 1.86 bits per heavy atom. The molecule has 0 aliphatic heterocycles. The van der Waals surface area contributed by atoms with Crippen LogP contribution in [0.15, 0.2) is 51.8 Å². The highest BCUT2D eigenvalue weighted by atomic mass is 79.9. The van der Waals surface area contributed by atoms with E-state index in [1.54, 1.807) is 11.8 Å². The van der Waals surface area contributed by atoms with E-state index in [1.165, 1.54) is 12.1 Å². The monoisotopic (exact) mass is 372 g/mol. The van der Waals surface area contributed by atoms with Crippen molar-refractivity contribution in [2.45, 2.75) is 17.4 Å². The molecule has 2 rings (SSSR count). The molecule has 0 aromatic heterocycles. The lowest BCUT2D eigenvalue weighted by Gasteiger charge is -2.17. The first-order valence-corrected chi connectivity index (χ1v) is 8.16. The van der Waals surface area contributed by atoms with Crippen molar-refractivity contribution in [3.63, 3.8) is 0 Å². The van der Waals surface area contributed by atoms with Crippen LogP contribution < -0.4 is 11.3 Å². The van der Waals surface area contributed by atoms with Crippen LogP contribution in [0.2, 0.25) is 0 Å². The highest BCUT2D eigenvalue weighted by Gasteiger charge is 2.17. The van der Waals surface area contributed by atoms with Crippen molar-refractivity contribution in [3.05, 3.63) is 64.1 Å². The minimum atomic E-state index is -0.569. The molecule has 2 aromatic carbocycles. The molecule has 0 fully saturated rings. The lowest BCUT2D eigenvalue weighted by molar-refractivity contribution is 0.509. The van der Waals surface area contributed by atoms with Crippen LogP contribution in [-0.4, -0.2) is 11.8 Å². The third-order valence-corrected chi connectivity index (χ3v) is 4.81. The first-order chi connectivity index (χ1) is 10.1. The number of rotatable bonds is 6. The van der Waals surface area contributed by atoms with E-state index in [4.69, 9.17) is 5.84 Å². The Balaban J connectivity index is 2.04. The van der Waals surface area contributed by atoms with Gasteiger partial charge in [-0.05, 0) is 46.6 Å². The van der Waals surface area contributed by atoms with Gasteiger partial charge in [0.1, 0.15) is 11.6 Å². The van der Waals surface area contributed by atoms with Gasteiger partial charge in [-0.2, -0.15) is 0 Å². The first kappa shape index (κ1) is 16.4.